The molecule has 0 aliphatic heterocycles. The van der Waals surface area contributed by atoms with Gasteiger partial charge in [-0.05, 0) is 56.2 Å². The van der Waals surface area contributed by atoms with Crippen molar-refractivity contribution in [3.63, 3.8) is 0 Å². The summed E-state index contributed by atoms with van der Waals surface area (Å²) in [5.41, 5.74) is -0.0542. The fourth-order valence-corrected chi connectivity index (χ4v) is 4.44. The first kappa shape index (κ1) is 23.6. The Labute approximate surface area is 196 Å². The summed E-state index contributed by atoms with van der Waals surface area (Å²) >= 11 is 2.68. The third-order valence-electron chi connectivity index (χ3n) is 4.91. The van der Waals surface area contributed by atoms with Gasteiger partial charge < -0.3 is 15.4 Å². The summed E-state index contributed by atoms with van der Waals surface area (Å²) in [4.78, 5) is 12.5. The maximum absolute atomic E-state index is 12.5. The molecule has 166 valence electrons. The summed E-state index contributed by atoms with van der Waals surface area (Å²) in [5.74, 6) is 1.31. The Balaban J connectivity index is 1.55. The van der Waals surface area contributed by atoms with E-state index in [1.54, 1.807) is 13.8 Å². The van der Waals surface area contributed by atoms with Gasteiger partial charge in [-0.15, -0.1) is 10.2 Å². The second-order valence-corrected chi connectivity index (χ2v) is 10.2. The number of nitrogens with one attached hydrogen (secondary N) is 2. The van der Waals surface area contributed by atoms with Gasteiger partial charge in [0, 0.05) is 5.69 Å². The minimum atomic E-state index is -0.907. The van der Waals surface area contributed by atoms with Gasteiger partial charge in [-0.3, -0.25) is 4.79 Å². The molecular weight excluding hydrogens is 442 g/mol. The zero-order valence-corrected chi connectivity index (χ0v) is 20.0. The molecule has 0 spiro atoms. The summed E-state index contributed by atoms with van der Waals surface area (Å²) in [7, 11) is 0. The van der Waals surface area contributed by atoms with Gasteiger partial charge in [0.15, 0.2) is 4.34 Å². The SMILES string of the molecule is CC(C)[C@@](C)(C#N)NC(=O)[C@@H](C)Sc1nnc(Nc2ccc(Oc3ccccc3)cc2)s1. The first-order valence-corrected chi connectivity index (χ1v) is 11.8. The van der Waals surface area contributed by atoms with Crippen molar-refractivity contribution < 1.29 is 9.53 Å². The van der Waals surface area contributed by atoms with E-state index in [-0.39, 0.29) is 11.8 Å². The molecule has 0 bridgehead atoms. The summed E-state index contributed by atoms with van der Waals surface area (Å²) in [6.45, 7) is 7.34. The average Bonchev–Trinajstić information content (AvgIpc) is 3.22. The van der Waals surface area contributed by atoms with Crippen LogP contribution < -0.4 is 15.4 Å². The predicted molar refractivity (Wildman–Crippen MR) is 128 cm³/mol. The maximum atomic E-state index is 12.5. The van der Waals surface area contributed by atoms with Gasteiger partial charge in [-0.25, -0.2) is 0 Å². The summed E-state index contributed by atoms with van der Waals surface area (Å²) in [5, 5.41) is 24.0. The number of hydrogen-bond donors (Lipinski definition) is 2. The monoisotopic (exact) mass is 467 g/mol. The number of nitrogens with zero attached hydrogens (tertiary/aromatic N) is 3. The van der Waals surface area contributed by atoms with E-state index in [1.807, 2.05) is 68.4 Å². The highest BCUT2D eigenvalue weighted by Gasteiger charge is 2.32. The number of thioether (sulfide) groups is 1. The molecule has 0 aliphatic carbocycles. The van der Waals surface area contributed by atoms with Crippen molar-refractivity contribution >= 4 is 39.8 Å². The lowest BCUT2D eigenvalue weighted by Crippen LogP contribution is -2.51. The van der Waals surface area contributed by atoms with E-state index in [1.165, 1.54) is 23.1 Å². The lowest BCUT2D eigenvalue weighted by Gasteiger charge is -2.28. The van der Waals surface area contributed by atoms with Crippen molar-refractivity contribution in [2.75, 3.05) is 5.32 Å². The van der Waals surface area contributed by atoms with Crippen molar-refractivity contribution in [1.82, 2.24) is 15.5 Å². The first-order valence-electron chi connectivity index (χ1n) is 10.1. The number of hydrogen-bond acceptors (Lipinski definition) is 8. The first-order chi connectivity index (χ1) is 15.3. The number of nitriles is 1. The standard InChI is InChI=1S/C23H25N5O2S2/c1-15(2)23(4,14-24)26-20(29)16(3)31-22-28-27-21(32-22)25-17-10-12-19(13-11-17)30-18-8-6-5-7-9-18/h5-13,15-16H,1-4H3,(H,25,27)(H,26,29)/t16-,23-/m1/s1. The van der Waals surface area contributed by atoms with Crippen LogP contribution in [0.1, 0.15) is 27.7 Å². The molecule has 1 aromatic heterocycles. The number of para-hydroxylation sites is 1. The summed E-state index contributed by atoms with van der Waals surface area (Å²) < 4.78 is 6.47. The molecule has 32 heavy (non-hydrogen) atoms. The molecule has 0 saturated heterocycles. The van der Waals surface area contributed by atoms with E-state index in [9.17, 15) is 10.1 Å². The molecular formula is C23H25N5O2S2. The molecule has 0 radical (unpaired) electrons. The second-order valence-electron chi connectivity index (χ2n) is 7.66. The van der Waals surface area contributed by atoms with E-state index in [4.69, 9.17) is 4.74 Å². The minimum absolute atomic E-state index is 0.00420. The van der Waals surface area contributed by atoms with Crippen molar-refractivity contribution in [1.29, 1.82) is 5.26 Å². The normalized spacial score (nSPS) is 13.6. The van der Waals surface area contributed by atoms with Gasteiger partial charge in [-0.1, -0.05) is 55.1 Å². The highest BCUT2D eigenvalue weighted by atomic mass is 32.2. The summed E-state index contributed by atoms with van der Waals surface area (Å²) in [6, 6.07) is 19.3. The van der Waals surface area contributed by atoms with Crippen molar-refractivity contribution in [2.24, 2.45) is 5.92 Å². The molecule has 3 rings (SSSR count). The van der Waals surface area contributed by atoms with Crippen LogP contribution in [0.2, 0.25) is 0 Å². The molecule has 7 nitrogen and oxygen atoms in total. The molecule has 0 aliphatic rings. The molecule has 3 aromatic rings. The van der Waals surface area contributed by atoms with Gasteiger partial charge in [-0.2, -0.15) is 5.26 Å². The largest absolute Gasteiger partial charge is 0.457 e. The van der Waals surface area contributed by atoms with Crippen LogP contribution in [-0.2, 0) is 4.79 Å². The Hall–Kier alpha value is -3.09. The number of amides is 1. The van der Waals surface area contributed by atoms with E-state index in [2.05, 4.69) is 26.9 Å². The van der Waals surface area contributed by atoms with Gasteiger partial charge in [0.1, 0.15) is 17.0 Å². The molecule has 2 aromatic carbocycles. The Morgan fingerprint density at radius 1 is 1.09 bits per heavy atom. The number of rotatable bonds is 9. The molecule has 2 atom stereocenters. The number of benzene rings is 2. The fourth-order valence-electron chi connectivity index (χ4n) is 2.53. The number of ether oxygens (including phenoxy) is 1. The van der Waals surface area contributed by atoms with Gasteiger partial charge in [0.25, 0.3) is 0 Å². The van der Waals surface area contributed by atoms with Crippen LogP contribution >= 0.6 is 23.1 Å². The molecule has 0 fully saturated rings. The Bertz CT molecular complexity index is 1080. The number of carbonyl (C=O) groups excluding carboxylic acids is 1. The van der Waals surface area contributed by atoms with Gasteiger partial charge in [0.05, 0.1) is 11.3 Å². The number of anilines is 2. The fraction of sp³-hybridized carbons (Fsp3) is 0.304. The molecule has 0 unspecified atom stereocenters. The van der Waals surface area contributed by atoms with Crippen LogP contribution in [0, 0.1) is 17.2 Å². The van der Waals surface area contributed by atoms with Crippen LogP contribution in [0.3, 0.4) is 0 Å². The Morgan fingerprint density at radius 2 is 1.75 bits per heavy atom. The van der Waals surface area contributed by atoms with Crippen LogP contribution in [0.4, 0.5) is 10.8 Å². The molecule has 1 heterocycles. The molecule has 9 heteroatoms. The quantitative estimate of drug-likeness (QED) is 0.395. The lowest BCUT2D eigenvalue weighted by atomic mass is 9.90. The number of aromatic nitrogens is 2. The van der Waals surface area contributed by atoms with Gasteiger partial charge in [0.2, 0.25) is 11.0 Å². The van der Waals surface area contributed by atoms with E-state index in [0.29, 0.717) is 9.47 Å². The third-order valence-corrected chi connectivity index (χ3v) is 6.93. The van der Waals surface area contributed by atoms with Gasteiger partial charge >= 0.3 is 0 Å². The second kappa shape index (κ2) is 10.5. The van der Waals surface area contributed by atoms with Crippen molar-refractivity contribution in [3.8, 4) is 17.6 Å². The van der Waals surface area contributed by atoms with Crippen LogP contribution in [0.25, 0.3) is 0 Å². The minimum Gasteiger partial charge on any atom is -0.457 e. The Kier molecular flexibility index (Phi) is 7.72. The predicted octanol–water partition coefficient (Wildman–Crippen LogP) is 5.61. The Morgan fingerprint density at radius 3 is 2.38 bits per heavy atom. The van der Waals surface area contributed by atoms with E-state index >= 15 is 0 Å². The molecule has 2 N–H and O–H groups in total. The van der Waals surface area contributed by atoms with Crippen LogP contribution in [-0.4, -0.2) is 26.9 Å². The van der Waals surface area contributed by atoms with E-state index in [0.717, 1.165) is 17.2 Å². The zero-order chi connectivity index (χ0) is 23.1. The smallest absolute Gasteiger partial charge is 0.234 e. The van der Waals surface area contributed by atoms with E-state index < -0.39 is 10.8 Å². The number of carbonyl (C=O) groups is 1. The maximum Gasteiger partial charge on any atom is 0.234 e. The zero-order valence-electron chi connectivity index (χ0n) is 18.3. The topological polar surface area (TPSA) is 99.9 Å². The molecule has 1 amide bonds. The average molecular weight is 468 g/mol. The van der Waals surface area contributed by atoms with Crippen molar-refractivity contribution in [2.45, 2.75) is 42.8 Å². The third kappa shape index (κ3) is 6.22. The van der Waals surface area contributed by atoms with Crippen molar-refractivity contribution in [3.05, 3.63) is 54.6 Å². The highest BCUT2D eigenvalue weighted by Crippen LogP contribution is 2.31. The van der Waals surface area contributed by atoms with Crippen LogP contribution in [0.5, 0.6) is 11.5 Å². The molecule has 0 saturated carbocycles. The highest BCUT2D eigenvalue weighted by molar-refractivity contribution is 8.02. The van der Waals surface area contributed by atoms with Crippen LogP contribution in [0.15, 0.2) is 58.9 Å². The lowest BCUT2D eigenvalue weighted by molar-refractivity contribution is -0.121. The summed E-state index contributed by atoms with van der Waals surface area (Å²) in [6.07, 6.45) is 0.